The third kappa shape index (κ3) is 17.8. The van der Waals surface area contributed by atoms with Gasteiger partial charge in [0.25, 0.3) is 0 Å². The molecule has 8 aliphatic rings. The molecule has 2 aromatic carbocycles. The maximum Gasteiger partial charge on any atom is 0.427 e. The first-order valence-electron chi connectivity index (χ1n) is 40.0. The summed E-state index contributed by atoms with van der Waals surface area (Å²) in [6.07, 6.45) is 5.70. The van der Waals surface area contributed by atoms with Crippen molar-refractivity contribution in [1.82, 2.24) is 48.0 Å². The van der Waals surface area contributed by atoms with Gasteiger partial charge in [-0.2, -0.15) is 36.3 Å². The number of ether oxygens (including phenoxy) is 4. The lowest BCUT2D eigenvalue weighted by Gasteiger charge is -2.33. The number of benzene rings is 2. The number of amides is 4. The molecule has 36 heteroatoms. The van der Waals surface area contributed by atoms with Crippen LogP contribution in [-0.4, -0.2) is 173 Å². The molecule has 4 aliphatic heterocycles. The molecule has 0 unspecified atom stereocenters. The van der Waals surface area contributed by atoms with E-state index in [0.717, 1.165) is 27.7 Å². The number of Topliss-reactive ketones (excluding diaryl/α,β-unsaturated/α-hetero) is 2. The molecule has 26 nitrogen and oxygen atoms in total. The van der Waals surface area contributed by atoms with Crippen LogP contribution in [0.25, 0.3) is 33.4 Å². The van der Waals surface area contributed by atoms with E-state index in [1.807, 2.05) is 38.2 Å². The van der Waals surface area contributed by atoms with Gasteiger partial charge in [0.2, 0.25) is 78.2 Å². The maximum atomic E-state index is 14.9. The lowest BCUT2D eigenvalue weighted by atomic mass is 9.82. The van der Waals surface area contributed by atoms with Crippen molar-refractivity contribution in [3.63, 3.8) is 0 Å². The van der Waals surface area contributed by atoms with Crippen LogP contribution in [0.4, 0.5) is 26.3 Å². The Morgan fingerprint density at radius 3 is 1.27 bits per heavy atom. The molecule has 8 heterocycles. The van der Waals surface area contributed by atoms with Gasteiger partial charge in [0.1, 0.15) is 12.2 Å². The zero-order valence-corrected chi connectivity index (χ0v) is 70.2. The van der Waals surface area contributed by atoms with Crippen molar-refractivity contribution in [3.8, 4) is 11.8 Å². The van der Waals surface area contributed by atoms with Crippen molar-refractivity contribution >= 4 is 124 Å². The van der Waals surface area contributed by atoms with E-state index in [1.165, 1.54) is 9.80 Å². The van der Waals surface area contributed by atoms with E-state index in [9.17, 15) is 81.5 Å². The molecule has 6 aromatic rings. The number of nitrogens with zero attached hydrogens (tertiary/aromatic N) is 8. The Balaban J connectivity index is 0.000000205. The molecule has 4 aliphatic carbocycles. The third-order valence-corrected chi connectivity index (χ3v) is 30.4. The summed E-state index contributed by atoms with van der Waals surface area (Å²) in [6, 6.07) is 7.85. The average Bonchev–Trinajstić information content (AvgIpc) is 1.56. The summed E-state index contributed by atoms with van der Waals surface area (Å²) in [7, 11) is -8.09. The molecule has 0 spiro atoms. The zero-order valence-electron chi connectivity index (χ0n) is 67.1. The van der Waals surface area contributed by atoms with Crippen molar-refractivity contribution in [3.05, 3.63) is 95.5 Å². The number of hydrogen-bond donors (Lipinski definition) is 2. The Bertz CT molecular complexity index is 4980. The molecule has 0 bridgehead atoms. The summed E-state index contributed by atoms with van der Waals surface area (Å²) < 4.78 is 164. The van der Waals surface area contributed by atoms with E-state index in [1.54, 1.807) is 97.7 Å². The Hall–Kier alpha value is -8.50. The number of esters is 2. The van der Waals surface area contributed by atoms with Crippen LogP contribution in [0.3, 0.4) is 0 Å². The SMILES string of the molecule is C[C@@H]1CC/C=C\[C@@H]2C[C@@]2(C(=O)NS(=O)(=O)C2(C)CC2)CC(=O)[C@@H]2C[C@@H](Oc3nc4nccn4c4ccc(Cl)cc34)CN2C(=O)[C@@H](CC(=O)OC(C)(C)C(F)(F)F)[C@H](C)C1.C[C@H]1CC/C=C\[C@@H]2C[C@@]2(C(=O)NS(=O)(=O)C2(C)CC2)CC(=O)[C@@H]2C[C@@H](Oc3nc4nccn4c4ccc(Cl)cc34)CN2C(=O)[C@@H](CC(=O)OC(C)(C)C(F)(F)F)[C@H](C)C1. The maximum absolute atomic E-state index is 14.9. The summed E-state index contributed by atoms with van der Waals surface area (Å²) in [6.45, 7) is 13.2. The number of allylic oxidation sites excluding steroid dienone is 4. The van der Waals surface area contributed by atoms with Crippen molar-refractivity contribution in [1.29, 1.82) is 0 Å². The van der Waals surface area contributed by atoms with Crippen LogP contribution < -0.4 is 18.9 Å². The number of imidazole rings is 2. The minimum atomic E-state index is -4.88. The number of halogens is 8. The van der Waals surface area contributed by atoms with Crippen LogP contribution in [0.1, 0.15) is 185 Å². The zero-order chi connectivity index (χ0) is 85.7. The van der Waals surface area contributed by atoms with E-state index in [-0.39, 0.29) is 62.4 Å². The van der Waals surface area contributed by atoms with Gasteiger partial charge < -0.3 is 28.7 Å². The molecule has 0 radical (unpaired) electrons. The van der Waals surface area contributed by atoms with Crippen LogP contribution >= 0.6 is 23.2 Å². The van der Waals surface area contributed by atoms with Crippen LogP contribution in [0.2, 0.25) is 10.0 Å². The molecule has 2 N–H and O–H groups in total. The Morgan fingerprint density at radius 1 is 0.559 bits per heavy atom. The second kappa shape index (κ2) is 32.1. The predicted octanol–water partition coefficient (Wildman–Crippen LogP) is 13.5. The van der Waals surface area contributed by atoms with E-state index in [0.29, 0.717) is 108 Å². The largest absolute Gasteiger partial charge is 0.472 e. The second-order valence-electron chi connectivity index (χ2n) is 35.5. The molecule has 118 heavy (non-hydrogen) atoms. The number of carbonyl (C=O) groups is 8. The number of fused-ring (bicyclic) bond motifs is 10. The van der Waals surface area contributed by atoms with Crippen LogP contribution in [0.15, 0.2) is 85.5 Å². The van der Waals surface area contributed by atoms with Gasteiger partial charge in [-0.15, -0.1) is 0 Å². The molecule has 4 aromatic heterocycles. The Morgan fingerprint density at radius 2 is 0.924 bits per heavy atom. The molecule has 6 fully saturated rings. The summed E-state index contributed by atoms with van der Waals surface area (Å²) in [4.78, 5) is 134. The second-order valence-corrected chi connectivity index (χ2v) is 40.8. The number of nitrogens with one attached hydrogen (secondary N) is 2. The summed E-state index contributed by atoms with van der Waals surface area (Å²) >= 11 is 12.8. The highest BCUT2D eigenvalue weighted by atomic mass is 35.5. The Kier molecular flexibility index (Phi) is 23.8. The molecule has 14 rings (SSSR count). The van der Waals surface area contributed by atoms with Crippen LogP contribution in [0.5, 0.6) is 11.8 Å². The lowest BCUT2D eigenvalue weighted by molar-refractivity contribution is -0.257. The van der Waals surface area contributed by atoms with E-state index in [2.05, 4.69) is 29.4 Å². The highest BCUT2D eigenvalue weighted by Gasteiger charge is 2.65. The number of aromatic nitrogens is 6. The van der Waals surface area contributed by atoms with Gasteiger partial charge >= 0.3 is 24.3 Å². The van der Waals surface area contributed by atoms with Crippen molar-refractivity contribution in [2.75, 3.05) is 13.1 Å². The van der Waals surface area contributed by atoms with Crippen LogP contribution in [-0.2, 0) is 67.9 Å². The molecule has 14 atom stereocenters. The van der Waals surface area contributed by atoms with Gasteiger partial charge in [-0.3, -0.25) is 56.6 Å². The molecule has 2 saturated heterocycles. The summed E-state index contributed by atoms with van der Waals surface area (Å²) in [5.74, 6) is -9.74. The van der Waals surface area contributed by atoms with E-state index < -0.39 is 197 Å². The minimum absolute atomic E-state index is 0.00486. The number of alkyl halides is 6. The fraction of sp³-hybridized carbons (Fsp3) is 0.610. The van der Waals surface area contributed by atoms with Gasteiger partial charge in [0, 0.05) is 60.5 Å². The fourth-order valence-electron chi connectivity index (χ4n) is 17.0. The van der Waals surface area contributed by atoms with Crippen LogP contribution in [0, 0.1) is 58.2 Å². The fourth-order valence-corrected chi connectivity index (χ4v) is 20.0. The minimum Gasteiger partial charge on any atom is -0.472 e. The summed E-state index contributed by atoms with van der Waals surface area (Å²) in [5.41, 5.74) is -7.10. The first-order valence-corrected chi connectivity index (χ1v) is 43.7. The van der Waals surface area contributed by atoms with Crippen molar-refractivity contribution in [2.24, 2.45) is 58.2 Å². The molecular weight excluding hydrogens is 1630 g/mol. The van der Waals surface area contributed by atoms with Gasteiger partial charge in [0.15, 0.2) is 11.6 Å². The standard InChI is InChI=1S/2C41H49ClF3N5O8S/c2*1-23-8-6-7-9-25-20-40(25,36(54)48-59(55,56)39(5)12-13-39)21-32(51)31-18-27(57-34-29-17-26(42)10-11-30(29)49-15-14-46-37(49)47-34)22-50(31)35(53)28(24(2)16-23)19-33(52)58-38(3,4)41(43,44)45/h2*7,9-11,14-15,17,23-25,27-28,31H,6,8,12-13,16,18-22H2,1-5H3,(H,48,54)/b2*9-7-/t23-,24+,25+,27+,28-,31-,40+;23-,24-,25-,27-,28+,31+,40-/m01/s1. The number of hydrogen-bond acceptors (Lipinski definition) is 20. The topological polar surface area (TPSA) is 333 Å². The van der Waals surface area contributed by atoms with Gasteiger partial charge in [-0.25, -0.2) is 26.8 Å². The van der Waals surface area contributed by atoms with Crippen molar-refractivity contribution < 1.29 is 100 Å². The number of ketones is 2. The molecule has 640 valence electrons. The smallest absolute Gasteiger partial charge is 0.427 e. The van der Waals surface area contributed by atoms with Crippen molar-refractivity contribution in [2.45, 2.75) is 242 Å². The normalized spacial score (nSPS) is 29.5. The number of sulfonamides is 2. The molecular formula is C82H98Cl2F6N10O16S2. The van der Waals surface area contributed by atoms with Gasteiger partial charge in [0.05, 0.1) is 92.0 Å². The average molecular weight is 1730 g/mol. The highest BCUT2D eigenvalue weighted by molar-refractivity contribution is 7.92. The quantitative estimate of drug-likeness (QED) is 0.0516. The van der Waals surface area contributed by atoms with E-state index >= 15 is 0 Å². The Labute approximate surface area is 689 Å². The summed E-state index contributed by atoms with van der Waals surface area (Å²) in [5, 5.41) is 1.84. The van der Waals surface area contributed by atoms with Gasteiger partial charge in [-0.05, 0) is 190 Å². The van der Waals surface area contributed by atoms with Gasteiger partial charge in [-0.1, -0.05) is 75.2 Å². The van der Waals surface area contributed by atoms with E-state index in [4.69, 9.17) is 42.1 Å². The predicted molar refractivity (Wildman–Crippen MR) is 421 cm³/mol. The number of rotatable bonds is 16. The highest BCUT2D eigenvalue weighted by Crippen LogP contribution is 2.60. The first-order chi connectivity index (χ1) is 55.1. The first kappa shape index (κ1) is 87.3. The molecule has 4 amide bonds. The number of carbonyl (C=O) groups excluding carboxylic acids is 8. The molecule has 4 saturated carbocycles. The monoisotopic (exact) mass is 1730 g/mol. The lowest BCUT2D eigenvalue weighted by Crippen LogP contribution is -2.48. The third-order valence-electron chi connectivity index (χ3n) is 25.6.